The van der Waals surface area contributed by atoms with E-state index >= 15 is 0 Å². The summed E-state index contributed by atoms with van der Waals surface area (Å²) in [5.74, 6) is 1.39. The lowest BCUT2D eigenvalue weighted by Crippen LogP contribution is -2.49. The summed E-state index contributed by atoms with van der Waals surface area (Å²) < 4.78 is 5.46. The summed E-state index contributed by atoms with van der Waals surface area (Å²) in [5, 5.41) is 3.37. The first-order valence-electron chi connectivity index (χ1n) is 10.0. The number of aromatic nitrogens is 2. The highest BCUT2D eigenvalue weighted by Gasteiger charge is 2.25. The van der Waals surface area contributed by atoms with Crippen LogP contribution in [0.25, 0.3) is 0 Å². The van der Waals surface area contributed by atoms with E-state index in [0.29, 0.717) is 30.8 Å². The van der Waals surface area contributed by atoms with Gasteiger partial charge in [0.25, 0.3) is 5.91 Å². The molecule has 1 saturated heterocycles. The van der Waals surface area contributed by atoms with Crippen molar-refractivity contribution in [3.05, 3.63) is 42.2 Å². The predicted octanol–water partition coefficient (Wildman–Crippen LogP) is 2.80. The van der Waals surface area contributed by atoms with Crippen molar-refractivity contribution in [2.45, 2.75) is 31.7 Å². The standard InChI is InChI=1S/C21H27N5O2/c1-28-19-9-5-4-8-18(19)25-12-14-26(15-13-25)20(27)17-10-11-22-21(24-17)23-16-6-2-3-7-16/h4-5,8-11,16H,2-3,6-7,12-15H2,1H3,(H,22,23,24). The van der Waals surface area contributed by atoms with Crippen molar-refractivity contribution in [3.8, 4) is 5.75 Å². The Morgan fingerprint density at radius 2 is 1.86 bits per heavy atom. The number of nitrogens with one attached hydrogen (secondary N) is 1. The largest absolute Gasteiger partial charge is 0.495 e. The number of ether oxygens (including phenoxy) is 1. The third-order valence-electron chi connectivity index (χ3n) is 5.56. The SMILES string of the molecule is COc1ccccc1N1CCN(C(=O)c2ccnc(NC3CCCC3)n2)CC1. The Morgan fingerprint density at radius 3 is 2.61 bits per heavy atom. The summed E-state index contributed by atoms with van der Waals surface area (Å²) in [6, 6.07) is 10.1. The van der Waals surface area contributed by atoms with Crippen LogP contribution in [-0.2, 0) is 0 Å². The van der Waals surface area contributed by atoms with Gasteiger partial charge < -0.3 is 19.9 Å². The topological polar surface area (TPSA) is 70.6 Å². The van der Waals surface area contributed by atoms with E-state index in [1.54, 1.807) is 19.4 Å². The maximum Gasteiger partial charge on any atom is 0.272 e. The number of hydrogen-bond acceptors (Lipinski definition) is 6. The molecule has 1 aliphatic heterocycles. The maximum atomic E-state index is 12.9. The predicted molar refractivity (Wildman–Crippen MR) is 109 cm³/mol. The zero-order chi connectivity index (χ0) is 19.3. The Morgan fingerprint density at radius 1 is 1.11 bits per heavy atom. The number of methoxy groups -OCH3 is 1. The Bertz CT molecular complexity index is 814. The van der Waals surface area contributed by atoms with Crippen LogP contribution in [-0.4, -0.2) is 60.1 Å². The van der Waals surface area contributed by atoms with Gasteiger partial charge in [-0.1, -0.05) is 25.0 Å². The van der Waals surface area contributed by atoms with Crippen LogP contribution >= 0.6 is 0 Å². The van der Waals surface area contributed by atoms with E-state index in [-0.39, 0.29) is 5.91 Å². The third kappa shape index (κ3) is 4.03. The van der Waals surface area contributed by atoms with E-state index in [0.717, 1.165) is 37.4 Å². The van der Waals surface area contributed by atoms with Crippen molar-refractivity contribution < 1.29 is 9.53 Å². The molecular formula is C21H27N5O2. The number of piperazine rings is 1. The molecule has 1 aliphatic carbocycles. The highest BCUT2D eigenvalue weighted by atomic mass is 16.5. The molecule has 0 radical (unpaired) electrons. The van der Waals surface area contributed by atoms with Gasteiger partial charge in [0.2, 0.25) is 5.95 Å². The Hall–Kier alpha value is -2.83. The molecule has 2 aromatic rings. The van der Waals surface area contributed by atoms with Gasteiger partial charge in [-0.2, -0.15) is 0 Å². The average Bonchev–Trinajstić information content (AvgIpc) is 3.26. The van der Waals surface area contributed by atoms with Crippen molar-refractivity contribution in [1.82, 2.24) is 14.9 Å². The molecule has 1 N–H and O–H groups in total. The van der Waals surface area contributed by atoms with Gasteiger partial charge in [0.05, 0.1) is 12.8 Å². The second-order valence-electron chi connectivity index (χ2n) is 7.34. The lowest BCUT2D eigenvalue weighted by molar-refractivity contribution is 0.0740. The normalized spacial score (nSPS) is 17.6. The van der Waals surface area contributed by atoms with E-state index in [1.807, 2.05) is 23.1 Å². The van der Waals surface area contributed by atoms with E-state index in [9.17, 15) is 4.79 Å². The molecule has 1 aromatic carbocycles. The van der Waals surface area contributed by atoms with E-state index in [1.165, 1.54) is 12.8 Å². The number of carbonyl (C=O) groups is 1. The molecule has 2 fully saturated rings. The zero-order valence-electron chi connectivity index (χ0n) is 16.3. The molecule has 2 heterocycles. The first kappa shape index (κ1) is 18.5. The Kier molecular flexibility index (Phi) is 5.60. The molecule has 0 atom stereocenters. The van der Waals surface area contributed by atoms with Gasteiger partial charge in [-0.05, 0) is 31.0 Å². The fourth-order valence-corrected chi connectivity index (χ4v) is 4.00. The van der Waals surface area contributed by atoms with Crippen LogP contribution in [0.3, 0.4) is 0 Å². The first-order chi connectivity index (χ1) is 13.7. The molecule has 0 spiro atoms. The summed E-state index contributed by atoms with van der Waals surface area (Å²) in [4.78, 5) is 25.8. The molecule has 4 rings (SSSR count). The molecule has 1 saturated carbocycles. The minimum Gasteiger partial charge on any atom is -0.495 e. The fourth-order valence-electron chi connectivity index (χ4n) is 4.00. The van der Waals surface area contributed by atoms with Gasteiger partial charge in [-0.3, -0.25) is 4.79 Å². The smallest absolute Gasteiger partial charge is 0.272 e. The van der Waals surface area contributed by atoms with Gasteiger partial charge in [0.1, 0.15) is 11.4 Å². The van der Waals surface area contributed by atoms with Crippen LogP contribution in [0.1, 0.15) is 36.2 Å². The molecule has 1 amide bonds. The summed E-state index contributed by atoms with van der Waals surface area (Å²) in [5.41, 5.74) is 1.53. The van der Waals surface area contributed by atoms with Gasteiger partial charge in [0, 0.05) is 38.4 Å². The van der Waals surface area contributed by atoms with Crippen molar-refractivity contribution in [1.29, 1.82) is 0 Å². The number of benzene rings is 1. The molecular weight excluding hydrogens is 354 g/mol. The van der Waals surface area contributed by atoms with Gasteiger partial charge in [0.15, 0.2) is 0 Å². The number of nitrogens with zero attached hydrogens (tertiary/aromatic N) is 4. The van der Waals surface area contributed by atoms with E-state index in [2.05, 4.69) is 26.3 Å². The number of rotatable bonds is 5. The number of anilines is 2. The molecule has 7 nitrogen and oxygen atoms in total. The number of amides is 1. The number of carbonyl (C=O) groups excluding carboxylic acids is 1. The molecule has 1 aromatic heterocycles. The minimum absolute atomic E-state index is 0.0310. The second kappa shape index (κ2) is 8.46. The first-order valence-corrected chi connectivity index (χ1v) is 10.0. The van der Waals surface area contributed by atoms with Crippen LogP contribution in [0.4, 0.5) is 11.6 Å². The van der Waals surface area contributed by atoms with Gasteiger partial charge >= 0.3 is 0 Å². The molecule has 28 heavy (non-hydrogen) atoms. The summed E-state index contributed by atoms with van der Waals surface area (Å²) >= 11 is 0. The Labute approximate surface area is 165 Å². The number of para-hydroxylation sites is 2. The lowest BCUT2D eigenvalue weighted by Gasteiger charge is -2.36. The van der Waals surface area contributed by atoms with Crippen LogP contribution in [0.2, 0.25) is 0 Å². The summed E-state index contributed by atoms with van der Waals surface area (Å²) in [6.07, 6.45) is 6.45. The zero-order valence-corrected chi connectivity index (χ0v) is 16.3. The summed E-state index contributed by atoms with van der Waals surface area (Å²) in [6.45, 7) is 2.85. The number of hydrogen-bond donors (Lipinski definition) is 1. The molecule has 0 unspecified atom stereocenters. The molecule has 0 bridgehead atoms. The van der Waals surface area contributed by atoms with Gasteiger partial charge in [-0.15, -0.1) is 0 Å². The minimum atomic E-state index is -0.0310. The Balaban J connectivity index is 1.38. The van der Waals surface area contributed by atoms with Crippen LogP contribution in [0, 0.1) is 0 Å². The third-order valence-corrected chi connectivity index (χ3v) is 5.56. The van der Waals surface area contributed by atoms with Crippen molar-refractivity contribution in [2.24, 2.45) is 0 Å². The fraction of sp³-hybridized carbons (Fsp3) is 0.476. The van der Waals surface area contributed by atoms with Crippen LogP contribution in [0.15, 0.2) is 36.5 Å². The highest BCUT2D eigenvalue weighted by Crippen LogP contribution is 2.28. The van der Waals surface area contributed by atoms with Crippen molar-refractivity contribution >= 4 is 17.5 Å². The second-order valence-corrected chi connectivity index (χ2v) is 7.34. The van der Waals surface area contributed by atoms with E-state index in [4.69, 9.17) is 4.74 Å². The quantitative estimate of drug-likeness (QED) is 0.859. The van der Waals surface area contributed by atoms with Crippen molar-refractivity contribution in [3.63, 3.8) is 0 Å². The molecule has 2 aliphatic rings. The highest BCUT2D eigenvalue weighted by molar-refractivity contribution is 5.92. The monoisotopic (exact) mass is 381 g/mol. The van der Waals surface area contributed by atoms with Crippen molar-refractivity contribution in [2.75, 3.05) is 43.5 Å². The maximum absolute atomic E-state index is 12.9. The van der Waals surface area contributed by atoms with E-state index < -0.39 is 0 Å². The lowest BCUT2D eigenvalue weighted by atomic mass is 10.2. The molecule has 148 valence electrons. The van der Waals surface area contributed by atoms with Crippen LogP contribution < -0.4 is 15.0 Å². The van der Waals surface area contributed by atoms with Crippen LogP contribution in [0.5, 0.6) is 5.75 Å². The van der Waals surface area contributed by atoms with Gasteiger partial charge in [-0.25, -0.2) is 9.97 Å². The molecule has 7 heteroatoms. The summed E-state index contributed by atoms with van der Waals surface area (Å²) in [7, 11) is 1.69. The average molecular weight is 381 g/mol.